The molecule has 1 heterocycles. The average molecular weight is 356 g/mol. The second-order valence-corrected chi connectivity index (χ2v) is 6.53. The van der Waals surface area contributed by atoms with Gasteiger partial charge in [0.05, 0.1) is 15.7 Å². The highest BCUT2D eigenvalue weighted by Crippen LogP contribution is 2.27. The first kappa shape index (κ1) is 15.3. The van der Waals surface area contributed by atoms with Crippen molar-refractivity contribution in [1.82, 2.24) is 4.98 Å². The number of nitrogens with zero attached hydrogens (tertiary/aromatic N) is 1. The van der Waals surface area contributed by atoms with Crippen LogP contribution in [-0.4, -0.2) is 13.4 Å². The van der Waals surface area contributed by atoms with Crippen molar-refractivity contribution in [2.45, 2.75) is 4.90 Å². The number of hydrogen-bond donors (Lipinski definition) is 1. The summed E-state index contributed by atoms with van der Waals surface area (Å²) in [6.45, 7) is 0. The summed E-state index contributed by atoms with van der Waals surface area (Å²) in [6.07, 6.45) is 1.05. The molecule has 9 heteroatoms. The minimum Gasteiger partial charge on any atom is -0.278 e. The number of rotatable bonds is 3. The number of hydrogen-bond acceptors (Lipinski definition) is 3. The fourth-order valence-corrected chi connectivity index (χ4v) is 2.98. The lowest BCUT2D eigenvalue weighted by atomic mass is 10.3. The third-order valence-corrected chi connectivity index (χ3v) is 4.59. The van der Waals surface area contributed by atoms with E-state index in [2.05, 4.69) is 9.71 Å². The quantitative estimate of drug-likeness (QED) is 0.847. The van der Waals surface area contributed by atoms with Gasteiger partial charge < -0.3 is 0 Å². The van der Waals surface area contributed by atoms with Crippen LogP contribution in [-0.2, 0) is 10.0 Å². The van der Waals surface area contributed by atoms with Crippen LogP contribution in [0.15, 0.2) is 35.4 Å². The van der Waals surface area contributed by atoms with E-state index in [-0.39, 0.29) is 25.8 Å². The van der Waals surface area contributed by atoms with Gasteiger partial charge in [0.25, 0.3) is 10.0 Å². The Hall–Kier alpha value is -1.08. The molecule has 0 amide bonds. The third-order valence-electron chi connectivity index (χ3n) is 2.26. The second-order valence-electron chi connectivity index (χ2n) is 3.67. The number of aromatic nitrogens is 1. The summed E-state index contributed by atoms with van der Waals surface area (Å²) in [5.74, 6) is -0.575. The van der Waals surface area contributed by atoms with Crippen molar-refractivity contribution in [1.29, 1.82) is 0 Å². The second kappa shape index (κ2) is 5.73. The van der Waals surface area contributed by atoms with Crippen molar-refractivity contribution in [3.63, 3.8) is 0 Å². The molecule has 0 saturated carbocycles. The molecule has 0 aliphatic carbocycles. The molecule has 2 rings (SSSR count). The Balaban J connectivity index is 2.38. The molecule has 0 spiro atoms. The standard InChI is InChI=1S/C11H6Cl3FN2O2S/c12-8-3-6(15)1-2-10(8)17-20(18,19)7-4-9(13)11(14)16-5-7/h1-5,17H. The highest BCUT2D eigenvalue weighted by atomic mass is 35.5. The molecule has 2 aromatic rings. The van der Waals surface area contributed by atoms with E-state index < -0.39 is 15.8 Å². The summed E-state index contributed by atoms with van der Waals surface area (Å²) in [6, 6.07) is 4.43. The Bertz CT molecular complexity index is 768. The summed E-state index contributed by atoms with van der Waals surface area (Å²) >= 11 is 17.1. The van der Waals surface area contributed by atoms with E-state index in [1.165, 1.54) is 6.07 Å². The third kappa shape index (κ3) is 3.32. The lowest BCUT2D eigenvalue weighted by Gasteiger charge is -2.09. The highest BCUT2D eigenvalue weighted by molar-refractivity contribution is 7.92. The first-order valence-corrected chi connectivity index (χ1v) is 7.70. The summed E-state index contributed by atoms with van der Waals surface area (Å²) < 4.78 is 39.3. The largest absolute Gasteiger partial charge is 0.278 e. The van der Waals surface area contributed by atoms with Crippen LogP contribution < -0.4 is 4.72 Å². The lowest BCUT2D eigenvalue weighted by Crippen LogP contribution is -2.13. The molecule has 4 nitrogen and oxygen atoms in total. The average Bonchev–Trinajstić information content (AvgIpc) is 2.36. The Morgan fingerprint density at radius 1 is 1.10 bits per heavy atom. The van der Waals surface area contributed by atoms with Crippen molar-refractivity contribution in [3.8, 4) is 0 Å². The van der Waals surface area contributed by atoms with Gasteiger partial charge in [-0.15, -0.1) is 0 Å². The monoisotopic (exact) mass is 354 g/mol. The predicted octanol–water partition coefficient (Wildman–Crippen LogP) is 3.98. The van der Waals surface area contributed by atoms with Gasteiger partial charge in [-0.05, 0) is 24.3 Å². The molecule has 0 fully saturated rings. The fraction of sp³-hybridized carbons (Fsp3) is 0. The first-order valence-electron chi connectivity index (χ1n) is 5.08. The lowest BCUT2D eigenvalue weighted by molar-refractivity contribution is 0.600. The minimum atomic E-state index is -3.95. The number of halogens is 4. The maximum atomic E-state index is 12.9. The van der Waals surface area contributed by atoms with Gasteiger partial charge in [-0.2, -0.15) is 0 Å². The van der Waals surface area contributed by atoms with E-state index >= 15 is 0 Å². The first-order chi connectivity index (χ1) is 9.29. The maximum absolute atomic E-state index is 12.9. The van der Waals surface area contributed by atoms with Crippen LogP contribution in [0.1, 0.15) is 0 Å². The number of benzene rings is 1. The Kier molecular flexibility index (Phi) is 4.39. The van der Waals surface area contributed by atoms with Gasteiger partial charge in [0.2, 0.25) is 0 Å². The summed E-state index contributed by atoms with van der Waals surface area (Å²) in [5, 5.41) is -0.0771. The molecule has 0 saturated heterocycles. The predicted molar refractivity (Wildman–Crippen MR) is 76.5 cm³/mol. The molecule has 20 heavy (non-hydrogen) atoms. The van der Waals surface area contributed by atoms with E-state index in [0.717, 1.165) is 24.4 Å². The van der Waals surface area contributed by atoms with Crippen LogP contribution in [0.25, 0.3) is 0 Å². The molecule has 0 aliphatic heterocycles. The molecule has 0 atom stereocenters. The van der Waals surface area contributed by atoms with Gasteiger partial charge in [0.1, 0.15) is 15.9 Å². The smallest absolute Gasteiger partial charge is 0.263 e. The van der Waals surface area contributed by atoms with Gasteiger partial charge in [0.15, 0.2) is 0 Å². The van der Waals surface area contributed by atoms with E-state index in [4.69, 9.17) is 34.8 Å². The Labute approximate surface area is 129 Å². The maximum Gasteiger partial charge on any atom is 0.263 e. The Morgan fingerprint density at radius 3 is 2.40 bits per heavy atom. The van der Waals surface area contributed by atoms with Gasteiger partial charge in [0, 0.05) is 6.20 Å². The van der Waals surface area contributed by atoms with Crippen molar-refractivity contribution in [2.24, 2.45) is 0 Å². The number of nitrogens with one attached hydrogen (secondary N) is 1. The number of sulfonamides is 1. The van der Waals surface area contributed by atoms with Gasteiger partial charge in [-0.25, -0.2) is 17.8 Å². The fourth-order valence-electron chi connectivity index (χ4n) is 1.33. The summed E-state index contributed by atoms with van der Waals surface area (Å²) in [4.78, 5) is 3.46. The SMILES string of the molecule is O=S(=O)(Nc1ccc(F)cc1Cl)c1cnc(Cl)c(Cl)c1. The van der Waals surface area contributed by atoms with Gasteiger partial charge >= 0.3 is 0 Å². The Morgan fingerprint density at radius 2 is 1.80 bits per heavy atom. The van der Waals surface area contributed by atoms with Gasteiger partial charge in [-0.3, -0.25) is 4.72 Å². The van der Waals surface area contributed by atoms with E-state index in [0.29, 0.717) is 0 Å². The zero-order chi connectivity index (χ0) is 14.9. The summed E-state index contributed by atoms with van der Waals surface area (Å²) in [5.41, 5.74) is 0.0409. The van der Waals surface area contributed by atoms with Crippen LogP contribution in [0.3, 0.4) is 0 Å². The number of pyridine rings is 1. The van der Waals surface area contributed by atoms with Crippen LogP contribution in [0.2, 0.25) is 15.2 Å². The van der Waals surface area contributed by atoms with E-state index in [9.17, 15) is 12.8 Å². The van der Waals surface area contributed by atoms with Crippen molar-refractivity contribution in [3.05, 3.63) is 51.5 Å². The zero-order valence-corrected chi connectivity index (χ0v) is 12.7. The van der Waals surface area contributed by atoms with Crippen LogP contribution in [0, 0.1) is 5.82 Å². The normalized spacial score (nSPS) is 11.4. The molecule has 0 unspecified atom stereocenters. The molecule has 1 N–H and O–H groups in total. The molecule has 0 bridgehead atoms. The molecule has 1 aromatic heterocycles. The van der Waals surface area contributed by atoms with Crippen LogP contribution in [0.4, 0.5) is 10.1 Å². The molecular formula is C11H6Cl3FN2O2S. The van der Waals surface area contributed by atoms with E-state index in [1.54, 1.807) is 0 Å². The molecular weight excluding hydrogens is 350 g/mol. The molecule has 1 aromatic carbocycles. The highest BCUT2D eigenvalue weighted by Gasteiger charge is 2.18. The van der Waals surface area contributed by atoms with Gasteiger partial charge in [-0.1, -0.05) is 34.8 Å². The molecule has 0 aliphatic rings. The van der Waals surface area contributed by atoms with Crippen LogP contribution >= 0.6 is 34.8 Å². The van der Waals surface area contributed by atoms with E-state index in [1.807, 2.05) is 0 Å². The van der Waals surface area contributed by atoms with Crippen molar-refractivity contribution in [2.75, 3.05) is 4.72 Å². The van der Waals surface area contributed by atoms with Crippen molar-refractivity contribution >= 4 is 50.5 Å². The number of anilines is 1. The summed E-state index contributed by atoms with van der Waals surface area (Å²) in [7, 11) is -3.95. The minimum absolute atomic E-state index is 0.000236. The molecule has 0 radical (unpaired) electrons. The van der Waals surface area contributed by atoms with Crippen LogP contribution in [0.5, 0.6) is 0 Å². The zero-order valence-electron chi connectivity index (χ0n) is 9.57. The molecule has 106 valence electrons. The van der Waals surface area contributed by atoms with Crippen molar-refractivity contribution < 1.29 is 12.8 Å². The topological polar surface area (TPSA) is 59.1 Å².